The lowest BCUT2D eigenvalue weighted by Gasteiger charge is -2.06. The molecular formula is C10H16ClN3O4S. The smallest absolute Gasteiger partial charge is 0.270 e. The molecule has 1 rings (SSSR count). The van der Waals surface area contributed by atoms with Crippen molar-refractivity contribution in [3.63, 3.8) is 0 Å². The summed E-state index contributed by atoms with van der Waals surface area (Å²) in [6.45, 7) is 0.976. The van der Waals surface area contributed by atoms with Gasteiger partial charge in [-0.05, 0) is 26.1 Å². The highest BCUT2D eigenvalue weighted by atomic mass is 35.5. The SMILES string of the molecule is CNCCCNS(=O)(=O)c1cccc([N+](=O)[O-])c1.Cl. The fraction of sp³-hybridized carbons (Fsp3) is 0.400. The topological polar surface area (TPSA) is 101 Å². The number of nitrogens with zero attached hydrogens (tertiary/aromatic N) is 1. The third kappa shape index (κ3) is 5.52. The lowest BCUT2D eigenvalue weighted by Crippen LogP contribution is -2.26. The first-order valence-electron chi connectivity index (χ1n) is 5.36. The van der Waals surface area contributed by atoms with E-state index < -0.39 is 14.9 Å². The molecular weight excluding hydrogens is 294 g/mol. The predicted octanol–water partition coefficient (Wildman–Crippen LogP) is 0.904. The first kappa shape index (κ1) is 17.8. The molecule has 0 spiro atoms. The number of benzene rings is 1. The van der Waals surface area contributed by atoms with Gasteiger partial charge in [-0.25, -0.2) is 13.1 Å². The Morgan fingerprint density at radius 2 is 2.00 bits per heavy atom. The van der Waals surface area contributed by atoms with Crippen LogP contribution in [0.25, 0.3) is 0 Å². The van der Waals surface area contributed by atoms with Crippen molar-refractivity contribution in [2.45, 2.75) is 11.3 Å². The third-order valence-electron chi connectivity index (χ3n) is 2.23. The monoisotopic (exact) mass is 309 g/mol. The van der Waals surface area contributed by atoms with E-state index >= 15 is 0 Å². The van der Waals surface area contributed by atoms with Crippen molar-refractivity contribution in [3.8, 4) is 0 Å². The Kier molecular flexibility index (Phi) is 7.53. The largest absolute Gasteiger partial charge is 0.320 e. The molecule has 0 aliphatic heterocycles. The van der Waals surface area contributed by atoms with E-state index in [9.17, 15) is 18.5 Å². The highest BCUT2D eigenvalue weighted by Gasteiger charge is 2.16. The summed E-state index contributed by atoms with van der Waals surface area (Å²) in [5.41, 5.74) is -0.243. The highest BCUT2D eigenvalue weighted by molar-refractivity contribution is 7.89. The maximum absolute atomic E-state index is 11.8. The summed E-state index contributed by atoms with van der Waals surface area (Å²) in [4.78, 5) is 9.84. The number of halogens is 1. The molecule has 0 heterocycles. The zero-order valence-electron chi connectivity index (χ0n) is 10.3. The van der Waals surface area contributed by atoms with E-state index in [4.69, 9.17) is 0 Å². The summed E-state index contributed by atoms with van der Waals surface area (Å²) in [6.07, 6.45) is 0.644. The molecule has 7 nitrogen and oxygen atoms in total. The van der Waals surface area contributed by atoms with E-state index in [-0.39, 0.29) is 29.5 Å². The quantitative estimate of drug-likeness (QED) is 0.443. The molecule has 0 fully saturated rings. The van der Waals surface area contributed by atoms with Gasteiger partial charge in [0.05, 0.1) is 9.82 Å². The van der Waals surface area contributed by atoms with Gasteiger partial charge in [0.1, 0.15) is 0 Å². The Bertz CT molecular complexity index is 521. The molecule has 19 heavy (non-hydrogen) atoms. The summed E-state index contributed by atoms with van der Waals surface area (Å²) in [5, 5.41) is 13.5. The standard InChI is InChI=1S/C10H15N3O4S.ClH/c1-11-6-3-7-12-18(16,17)10-5-2-4-9(8-10)13(14)15;/h2,4-5,8,11-12H,3,6-7H2,1H3;1H. The van der Waals surface area contributed by atoms with Crippen molar-refractivity contribution in [1.82, 2.24) is 10.0 Å². The van der Waals surface area contributed by atoms with Gasteiger partial charge in [-0.2, -0.15) is 0 Å². The molecule has 0 aliphatic rings. The molecule has 0 unspecified atom stereocenters. The minimum atomic E-state index is -3.68. The lowest BCUT2D eigenvalue weighted by atomic mass is 10.3. The second-order valence-corrected chi connectivity index (χ2v) is 5.38. The molecule has 0 saturated heterocycles. The van der Waals surface area contributed by atoms with Crippen LogP contribution in [0, 0.1) is 10.1 Å². The lowest BCUT2D eigenvalue weighted by molar-refractivity contribution is -0.385. The Morgan fingerprint density at radius 3 is 2.58 bits per heavy atom. The van der Waals surface area contributed by atoms with Crippen molar-refractivity contribution in [3.05, 3.63) is 34.4 Å². The normalized spacial score (nSPS) is 10.8. The summed E-state index contributed by atoms with van der Waals surface area (Å²) in [6, 6.07) is 4.97. The maximum Gasteiger partial charge on any atom is 0.270 e. The fourth-order valence-corrected chi connectivity index (χ4v) is 2.43. The van der Waals surface area contributed by atoms with Gasteiger partial charge in [0, 0.05) is 18.7 Å². The molecule has 0 aliphatic carbocycles. The van der Waals surface area contributed by atoms with E-state index in [2.05, 4.69) is 10.0 Å². The number of hydrogen-bond donors (Lipinski definition) is 2. The zero-order valence-corrected chi connectivity index (χ0v) is 12.0. The minimum Gasteiger partial charge on any atom is -0.320 e. The van der Waals surface area contributed by atoms with Gasteiger partial charge in [-0.15, -0.1) is 12.4 Å². The molecule has 0 aromatic heterocycles. The molecule has 9 heteroatoms. The number of nitrogens with one attached hydrogen (secondary N) is 2. The number of non-ortho nitro benzene ring substituents is 1. The summed E-state index contributed by atoms with van der Waals surface area (Å²) in [7, 11) is -1.91. The first-order chi connectivity index (χ1) is 8.47. The van der Waals surface area contributed by atoms with Crippen molar-refractivity contribution >= 4 is 28.1 Å². The van der Waals surface area contributed by atoms with E-state index in [0.29, 0.717) is 13.0 Å². The van der Waals surface area contributed by atoms with Crippen molar-refractivity contribution in [1.29, 1.82) is 0 Å². The second kappa shape index (κ2) is 8.05. The van der Waals surface area contributed by atoms with Gasteiger partial charge in [-0.1, -0.05) is 6.07 Å². The average molecular weight is 310 g/mol. The van der Waals surface area contributed by atoms with Crippen LogP contribution in [0.15, 0.2) is 29.2 Å². The number of rotatable bonds is 7. The molecule has 1 aromatic carbocycles. The van der Waals surface area contributed by atoms with Crippen LogP contribution in [0.1, 0.15) is 6.42 Å². The molecule has 0 bridgehead atoms. The van der Waals surface area contributed by atoms with Gasteiger partial charge in [-0.3, -0.25) is 10.1 Å². The summed E-state index contributed by atoms with van der Waals surface area (Å²) >= 11 is 0. The average Bonchev–Trinajstić information content (AvgIpc) is 2.35. The van der Waals surface area contributed by atoms with Gasteiger partial charge in [0.25, 0.3) is 5.69 Å². The Balaban J connectivity index is 0.00000324. The second-order valence-electron chi connectivity index (χ2n) is 3.61. The predicted molar refractivity (Wildman–Crippen MR) is 74.1 cm³/mol. The molecule has 0 amide bonds. The highest BCUT2D eigenvalue weighted by Crippen LogP contribution is 2.16. The van der Waals surface area contributed by atoms with E-state index in [1.807, 2.05) is 0 Å². The molecule has 0 saturated carbocycles. The van der Waals surface area contributed by atoms with E-state index in [1.165, 1.54) is 18.2 Å². The molecule has 0 radical (unpaired) electrons. The van der Waals surface area contributed by atoms with E-state index in [0.717, 1.165) is 6.07 Å². The number of sulfonamides is 1. The minimum absolute atomic E-state index is 0. The van der Waals surface area contributed by atoms with Gasteiger partial charge in [0.15, 0.2) is 0 Å². The van der Waals surface area contributed by atoms with Crippen LogP contribution < -0.4 is 10.0 Å². The number of nitro groups is 1. The molecule has 2 N–H and O–H groups in total. The van der Waals surface area contributed by atoms with Gasteiger partial charge < -0.3 is 5.32 Å². The Hall–Kier alpha value is -1.22. The van der Waals surface area contributed by atoms with Crippen LogP contribution in [0.4, 0.5) is 5.69 Å². The van der Waals surface area contributed by atoms with Gasteiger partial charge in [0.2, 0.25) is 10.0 Å². The van der Waals surface area contributed by atoms with Crippen LogP contribution in [0.5, 0.6) is 0 Å². The molecule has 108 valence electrons. The van der Waals surface area contributed by atoms with Crippen LogP contribution in [0.2, 0.25) is 0 Å². The first-order valence-corrected chi connectivity index (χ1v) is 6.84. The Labute approximate surface area is 118 Å². The molecule has 0 atom stereocenters. The zero-order chi connectivity index (χ0) is 13.6. The van der Waals surface area contributed by atoms with Crippen molar-refractivity contribution < 1.29 is 13.3 Å². The van der Waals surface area contributed by atoms with E-state index in [1.54, 1.807) is 7.05 Å². The van der Waals surface area contributed by atoms with Crippen LogP contribution >= 0.6 is 12.4 Å². The Morgan fingerprint density at radius 1 is 1.32 bits per heavy atom. The maximum atomic E-state index is 11.8. The van der Waals surface area contributed by atoms with Crippen molar-refractivity contribution in [2.75, 3.05) is 20.1 Å². The van der Waals surface area contributed by atoms with Crippen LogP contribution in [-0.2, 0) is 10.0 Å². The van der Waals surface area contributed by atoms with Crippen molar-refractivity contribution in [2.24, 2.45) is 0 Å². The summed E-state index contributed by atoms with van der Waals surface area (Å²) < 4.78 is 26.0. The fourth-order valence-electron chi connectivity index (χ4n) is 1.32. The third-order valence-corrected chi connectivity index (χ3v) is 3.69. The molecule has 1 aromatic rings. The number of hydrogen-bond acceptors (Lipinski definition) is 5. The van der Waals surface area contributed by atoms with Gasteiger partial charge >= 0.3 is 0 Å². The van der Waals surface area contributed by atoms with Crippen LogP contribution in [0.3, 0.4) is 0 Å². The number of nitro benzene ring substituents is 1. The summed E-state index contributed by atoms with van der Waals surface area (Å²) in [5.74, 6) is 0. The van der Waals surface area contributed by atoms with Crippen LogP contribution in [-0.4, -0.2) is 33.5 Å².